The Balaban J connectivity index is 2.16. The van der Waals surface area contributed by atoms with Gasteiger partial charge in [-0.05, 0) is 12.8 Å². The van der Waals surface area contributed by atoms with Crippen LogP contribution >= 0.6 is 11.8 Å². The molecule has 1 amide bonds. The highest BCUT2D eigenvalue weighted by molar-refractivity contribution is 7.99. The molecule has 0 unspecified atom stereocenters. The standard InChI is InChI=1S/C10H18N6OS/c11-7-6-8(12)15-10(14-7)18-5-3-1-2-4-9(17)16-13/h6H,1-5,13H2,(H,16,17)(H4,11,12,14,15). The van der Waals surface area contributed by atoms with Crippen LogP contribution in [-0.4, -0.2) is 21.6 Å². The Morgan fingerprint density at radius 2 is 1.89 bits per heavy atom. The van der Waals surface area contributed by atoms with E-state index in [0.717, 1.165) is 25.0 Å². The fourth-order valence-electron chi connectivity index (χ4n) is 1.33. The predicted octanol–water partition coefficient (Wildman–Crippen LogP) is 0.283. The van der Waals surface area contributed by atoms with Crippen LogP contribution in [0.3, 0.4) is 0 Å². The van der Waals surface area contributed by atoms with E-state index in [1.807, 2.05) is 0 Å². The lowest BCUT2D eigenvalue weighted by Gasteiger charge is -2.03. The van der Waals surface area contributed by atoms with E-state index in [0.29, 0.717) is 23.2 Å². The number of carbonyl (C=O) groups excluding carboxylic acids is 1. The summed E-state index contributed by atoms with van der Waals surface area (Å²) in [4.78, 5) is 19.0. The molecule has 0 bridgehead atoms. The molecule has 0 aliphatic heterocycles. The van der Waals surface area contributed by atoms with Crippen molar-refractivity contribution in [2.45, 2.75) is 30.8 Å². The van der Waals surface area contributed by atoms with Gasteiger partial charge in [0.05, 0.1) is 0 Å². The second-order valence-electron chi connectivity index (χ2n) is 3.73. The molecular formula is C10H18N6OS. The summed E-state index contributed by atoms with van der Waals surface area (Å²) in [6, 6.07) is 1.52. The molecule has 0 spiro atoms. The van der Waals surface area contributed by atoms with Gasteiger partial charge in [-0.2, -0.15) is 0 Å². The number of hydrogen-bond acceptors (Lipinski definition) is 7. The Morgan fingerprint density at radius 1 is 1.22 bits per heavy atom. The van der Waals surface area contributed by atoms with E-state index in [4.69, 9.17) is 17.3 Å². The summed E-state index contributed by atoms with van der Waals surface area (Å²) in [6.45, 7) is 0. The average Bonchev–Trinajstić information content (AvgIpc) is 2.32. The molecule has 0 saturated heterocycles. The van der Waals surface area contributed by atoms with Crippen LogP contribution in [0.5, 0.6) is 0 Å². The first-order valence-corrected chi connectivity index (χ1v) is 6.62. The van der Waals surface area contributed by atoms with E-state index in [2.05, 4.69) is 15.4 Å². The van der Waals surface area contributed by atoms with E-state index < -0.39 is 0 Å². The van der Waals surface area contributed by atoms with Gasteiger partial charge in [0.2, 0.25) is 5.91 Å². The Morgan fingerprint density at radius 3 is 2.50 bits per heavy atom. The van der Waals surface area contributed by atoms with E-state index >= 15 is 0 Å². The molecule has 0 aromatic carbocycles. The van der Waals surface area contributed by atoms with Crippen LogP contribution < -0.4 is 22.7 Å². The van der Waals surface area contributed by atoms with E-state index in [9.17, 15) is 4.79 Å². The van der Waals surface area contributed by atoms with Crippen molar-refractivity contribution in [1.29, 1.82) is 0 Å². The minimum atomic E-state index is -0.130. The van der Waals surface area contributed by atoms with Crippen LogP contribution in [0.25, 0.3) is 0 Å². The van der Waals surface area contributed by atoms with Gasteiger partial charge in [0, 0.05) is 18.2 Å². The Hall–Kier alpha value is -1.54. The lowest BCUT2D eigenvalue weighted by Crippen LogP contribution is -2.29. The minimum absolute atomic E-state index is 0.130. The molecule has 8 heteroatoms. The molecule has 0 atom stereocenters. The van der Waals surface area contributed by atoms with Crippen LogP contribution in [0.15, 0.2) is 11.2 Å². The van der Waals surface area contributed by atoms with Crippen molar-refractivity contribution in [3.63, 3.8) is 0 Å². The summed E-state index contributed by atoms with van der Waals surface area (Å²) in [5.41, 5.74) is 13.2. The first-order valence-electron chi connectivity index (χ1n) is 5.64. The summed E-state index contributed by atoms with van der Waals surface area (Å²) in [5.74, 6) is 6.47. The van der Waals surface area contributed by atoms with Crippen LogP contribution in [-0.2, 0) is 4.79 Å². The van der Waals surface area contributed by atoms with Gasteiger partial charge in [-0.15, -0.1) is 0 Å². The zero-order chi connectivity index (χ0) is 13.4. The van der Waals surface area contributed by atoms with Gasteiger partial charge >= 0.3 is 0 Å². The molecule has 0 saturated carbocycles. The third kappa shape index (κ3) is 5.69. The summed E-state index contributed by atoms with van der Waals surface area (Å²) in [6.07, 6.45) is 3.21. The number of carbonyl (C=O) groups is 1. The number of unbranched alkanes of at least 4 members (excludes halogenated alkanes) is 2. The molecule has 0 fully saturated rings. The van der Waals surface area contributed by atoms with Crippen molar-refractivity contribution in [3.8, 4) is 0 Å². The highest BCUT2D eigenvalue weighted by atomic mass is 32.2. The lowest BCUT2D eigenvalue weighted by molar-refractivity contribution is -0.121. The maximum absolute atomic E-state index is 10.9. The van der Waals surface area contributed by atoms with Crippen LogP contribution in [0, 0.1) is 0 Å². The maximum Gasteiger partial charge on any atom is 0.233 e. The number of aromatic nitrogens is 2. The Labute approximate surface area is 110 Å². The number of nitrogens with two attached hydrogens (primary N) is 3. The second kappa shape index (κ2) is 7.72. The third-order valence-corrected chi connectivity index (χ3v) is 3.12. The fraction of sp³-hybridized carbons (Fsp3) is 0.500. The van der Waals surface area contributed by atoms with E-state index in [1.54, 1.807) is 0 Å². The molecular weight excluding hydrogens is 252 g/mol. The number of thioether (sulfide) groups is 1. The molecule has 18 heavy (non-hydrogen) atoms. The molecule has 7 N–H and O–H groups in total. The van der Waals surface area contributed by atoms with Gasteiger partial charge in [0.1, 0.15) is 11.6 Å². The number of nitrogen functional groups attached to an aromatic ring is 2. The van der Waals surface area contributed by atoms with Crippen molar-refractivity contribution in [1.82, 2.24) is 15.4 Å². The second-order valence-corrected chi connectivity index (χ2v) is 4.79. The van der Waals surface area contributed by atoms with Gasteiger partial charge in [0.25, 0.3) is 0 Å². The molecule has 0 aliphatic rings. The van der Waals surface area contributed by atoms with E-state index in [1.165, 1.54) is 17.8 Å². The molecule has 0 radical (unpaired) electrons. The smallest absolute Gasteiger partial charge is 0.233 e. The third-order valence-electron chi connectivity index (χ3n) is 2.19. The molecule has 7 nitrogen and oxygen atoms in total. The topological polar surface area (TPSA) is 133 Å². The monoisotopic (exact) mass is 270 g/mol. The fourth-order valence-corrected chi connectivity index (χ4v) is 2.20. The molecule has 1 rings (SSSR count). The number of amides is 1. The highest BCUT2D eigenvalue weighted by Crippen LogP contribution is 2.18. The van der Waals surface area contributed by atoms with Crippen LogP contribution in [0.4, 0.5) is 11.6 Å². The van der Waals surface area contributed by atoms with Gasteiger partial charge in [0.15, 0.2) is 5.16 Å². The summed E-state index contributed by atoms with van der Waals surface area (Å²) >= 11 is 1.51. The number of rotatable bonds is 7. The number of nitrogens with zero attached hydrogens (tertiary/aromatic N) is 2. The largest absolute Gasteiger partial charge is 0.383 e. The van der Waals surface area contributed by atoms with Gasteiger partial charge < -0.3 is 11.5 Å². The molecule has 1 aromatic heterocycles. The molecule has 1 heterocycles. The molecule has 0 aliphatic carbocycles. The summed E-state index contributed by atoms with van der Waals surface area (Å²) in [7, 11) is 0. The first-order chi connectivity index (χ1) is 8.61. The van der Waals surface area contributed by atoms with Crippen LogP contribution in [0.1, 0.15) is 25.7 Å². The van der Waals surface area contributed by atoms with Crippen LogP contribution in [0.2, 0.25) is 0 Å². The minimum Gasteiger partial charge on any atom is -0.383 e. The zero-order valence-electron chi connectivity index (χ0n) is 10.1. The molecule has 100 valence electrons. The van der Waals surface area contributed by atoms with Gasteiger partial charge in [-0.25, -0.2) is 15.8 Å². The SMILES string of the molecule is NNC(=O)CCCCCSc1nc(N)cc(N)n1. The van der Waals surface area contributed by atoms with Gasteiger partial charge in [-0.3, -0.25) is 10.2 Å². The predicted molar refractivity (Wildman–Crippen MR) is 72.4 cm³/mol. The lowest BCUT2D eigenvalue weighted by atomic mass is 10.2. The van der Waals surface area contributed by atoms with Crippen molar-refractivity contribution < 1.29 is 4.79 Å². The van der Waals surface area contributed by atoms with Crippen molar-refractivity contribution in [2.24, 2.45) is 5.84 Å². The number of anilines is 2. The highest BCUT2D eigenvalue weighted by Gasteiger charge is 2.02. The maximum atomic E-state index is 10.9. The van der Waals surface area contributed by atoms with Crippen molar-refractivity contribution >= 4 is 29.3 Å². The Kier molecular flexibility index (Phi) is 6.23. The number of nitrogens with one attached hydrogen (secondary N) is 1. The zero-order valence-corrected chi connectivity index (χ0v) is 10.9. The number of hydrogen-bond donors (Lipinski definition) is 4. The average molecular weight is 270 g/mol. The van der Waals surface area contributed by atoms with Gasteiger partial charge in [-0.1, -0.05) is 18.2 Å². The summed E-state index contributed by atoms with van der Waals surface area (Å²) < 4.78 is 0. The first kappa shape index (κ1) is 14.5. The van der Waals surface area contributed by atoms with Crippen molar-refractivity contribution in [2.75, 3.05) is 17.2 Å². The Bertz CT molecular complexity index is 380. The number of hydrazine groups is 1. The quantitative estimate of drug-likeness (QED) is 0.140. The normalized spacial score (nSPS) is 10.3. The van der Waals surface area contributed by atoms with E-state index in [-0.39, 0.29) is 5.91 Å². The van der Waals surface area contributed by atoms with Crippen molar-refractivity contribution in [3.05, 3.63) is 6.07 Å². The summed E-state index contributed by atoms with van der Waals surface area (Å²) in [5, 5.41) is 0.590. The molecule has 1 aromatic rings.